The second-order valence-electron chi connectivity index (χ2n) is 13.4. The van der Waals surface area contributed by atoms with E-state index >= 15 is 0 Å². The van der Waals surface area contributed by atoms with Crippen LogP contribution in [0.1, 0.15) is 56.3 Å². The van der Waals surface area contributed by atoms with Gasteiger partial charge >= 0.3 is 0 Å². The van der Waals surface area contributed by atoms with Crippen LogP contribution in [0, 0.1) is 0 Å². The Morgan fingerprint density at radius 2 is 0.604 bits per heavy atom. The quantitative estimate of drug-likeness (QED) is 0.182. The topological polar surface area (TPSA) is 0 Å². The molecule has 0 heterocycles. The second-order valence-corrected chi connectivity index (χ2v) is 13.4. The van der Waals surface area contributed by atoms with Gasteiger partial charge in [0, 0.05) is 11.8 Å². The molecule has 8 aromatic rings. The fourth-order valence-electron chi connectivity index (χ4n) is 9.00. The molecule has 0 heteroatoms. The fourth-order valence-corrected chi connectivity index (χ4v) is 9.00. The molecule has 0 aromatic heterocycles. The highest BCUT2D eigenvalue weighted by Gasteiger charge is 2.34. The molecular weight excluding hydrogens is 577 g/mol. The van der Waals surface area contributed by atoms with E-state index in [9.17, 15) is 0 Å². The Balaban J connectivity index is 1.15. The summed E-state index contributed by atoms with van der Waals surface area (Å²) in [6.45, 7) is 0. The lowest BCUT2D eigenvalue weighted by Crippen LogP contribution is -2.09. The fraction of sp³-hybridized carbons (Fsp3) is 0.0833. The first-order valence-electron chi connectivity index (χ1n) is 17.2. The zero-order valence-corrected chi connectivity index (χ0v) is 26.7. The molecule has 2 aliphatic rings. The molecule has 2 aliphatic carbocycles. The third-order valence-electron chi connectivity index (χ3n) is 11.0. The average molecular weight is 611 g/mol. The minimum atomic E-state index is 0.211. The normalized spacial score (nSPS) is 13.4. The van der Waals surface area contributed by atoms with E-state index in [4.69, 9.17) is 0 Å². The first kappa shape index (κ1) is 27.4. The van der Waals surface area contributed by atoms with E-state index < -0.39 is 0 Å². The maximum absolute atomic E-state index is 2.42. The maximum Gasteiger partial charge on any atom is 0.0361 e. The van der Waals surface area contributed by atoms with Gasteiger partial charge in [-0.1, -0.05) is 170 Å². The van der Waals surface area contributed by atoms with E-state index in [1.165, 1.54) is 88.3 Å². The Labute approximate surface area is 282 Å². The molecule has 0 unspecified atom stereocenters. The molecular formula is C48H34. The van der Waals surface area contributed by atoms with Crippen molar-refractivity contribution in [3.8, 4) is 22.3 Å². The van der Waals surface area contributed by atoms with Crippen molar-refractivity contribution in [1.82, 2.24) is 0 Å². The van der Waals surface area contributed by atoms with Gasteiger partial charge in [-0.25, -0.2) is 0 Å². The van der Waals surface area contributed by atoms with Crippen molar-refractivity contribution in [3.05, 3.63) is 214 Å². The highest BCUT2D eigenvalue weighted by molar-refractivity contribution is 5.93. The standard InChI is InChI=1S/C48H34/c1-3-15-35-31(13-1)25-27-33(45(35)47-41-21-9-5-17-37(41)38-18-6-10-22-42(38)47)29-30-34-28-26-32-14-2-4-16-36(32)46(34)48-43-23-11-7-19-39(43)40-20-8-12-24-44(40)48/h1-28,47-48H,29-30H2. The Kier molecular flexibility index (Phi) is 6.24. The van der Waals surface area contributed by atoms with Crippen LogP contribution in [0.3, 0.4) is 0 Å². The summed E-state index contributed by atoms with van der Waals surface area (Å²) in [5, 5.41) is 5.35. The van der Waals surface area contributed by atoms with Crippen molar-refractivity contribution in [2.45, 2.75) is 24.7 Å². The largest absolute Gasteiger partial charge is 0.0619 e. The SMILES string of the molecule is c1ccc2c(c1)-c1ccccc1C2c1c(CCc2ccc3ccccc3c2C2c3ccccc3-c3ccccc32)ccc2ccccc12. The summed E-state index contributed by atoms with van der Waals surface area (Å²) in [7, 11) is 0. The van der Waals surface area contributed by atoms with Gasteiger partial charge in [0.25, 0.3) is 0 Å². The van der Waals surface area contributed by atoms with E-state index in [0.29, 0.717) is 0 Å². The van der Waals surface area contributed by atoms with Crippen LogP contribution in [0.4, 0.5) is 0 Å². The van der Waals surface area contributed by atoms with Crippen LogP contribution in [0.5, 0.6) is 0 Å². The summed E-state index contributed by atoms with van der Waals surface area (Å²) >= 11 is 0. The summed E-state index contributed by atoms with van der Waals surface area (Å²) in [6.07, 6.45) is 1.95. The van der Waals surface area contributed by atoms with Gasteiger partial charge in [0.05, 0.1) is 0 Å². The van der Waals surface area contributed by atoms with Crippen LogP contribution >= 0.6 is 0 Å². The van der Waals surface area contributed by atoms with Crippen molar-refractivity contribution < 1.29 is 0 Å². The number of aryl methyl sites for hydroxylation is 2. The van der Waals surface area contributed by atoms with E-state index in [1.807, 2.05) is 0 Å². The van der Waals surface area contributed by atoms with Gasteiger partial charge in [-0.3, -0.25) is 0 Å². The smallest absolute Gasteiger partial charge is 0.0361 e. The summed E-state index contributed by atoms with van der Waals surface area (Å²) in [4.78, 5) is 0. The summed E-state index contributed by atoms with van der Waals surface area (Å²) < 4.78 is 0. The highest BCUT2D eigenvalue weighted by Crippen LogP contribution is 2.52. The van der Waals surface area contributed by atoms with Gasteiger partial charge in [0.1, 0.15) is 0 Å². The first-order valence-corrected chi connectivity index (χ1v) is 17.2. The third kappa shape index (κ3) is 4.09. The van der Waals surface area contributed by atoms with Gasteiger partial charge in [0.15, 0.2) is 0 Å². The lowest BCUT2D eigenvalue weighted by Gasteiger charge is -2.23. The molecule has 0 spiro atoms. The number of rotatable bonds is 5. The molecule has 0 saturated carbocycles. The summed E-state index contributed by atoms with van der Waals surface area (Å²) in [5.41, 5.74) is 17.0. The van der Waals surface area contributed by atoms with Crippen LogP contribution in [-0.2, 0) is 12.8 Å². The predicted octanol–water partition coefficient (Wildman–Crippen LogP) is 12.1. The van der Waals surface area contributed by atoms with E-state index in [-0.39, 0.29) is 11.8 Å². The molecule has 8 aromatic carbocycles. The van der Waals surface area contributed by atoms with Gasteiger partial charge in [-0.05, 0) is 101 Å². The van der Waals surface area contributed by atoms with Crippen molar-refractivity contribution in [2.75, 3.05) is 0 Å². The van der Waals surface area contributed by atoms with Gasteiger partial charge in [0.2, 0.25) is 0 Å². The number of hydrogen-bond acceptors (Lipinski definition) is 0. The first-order chi connectivity index (χ1) is 23.8. The highest BCUT2D eigenvalue weighted by atomic mass is 14.4. The van der Waals surface area contributed by atoms with E-state index in [0.717, 1.165) is 12.8 Å². The number of benzene rings is 8. The monoisotopic (exact) mass is 610 g/mol. The Morgan fingerprint density at radius 3 is 0.979 bits per heavy atom. The minimum Gasteiger partial charge on any atom is -0.0619 e. The molecule has 0 N–H and O–H groups in total. The molecule has 0 radical (unpaired) electrons. The van der Waals surface area contributed by atoms with Gasteiger partial charge in [-0.15, -0.1) is 0 Å². The molecule has 0 aliphatic heterocycles. The number of fused-ring (bicyclic) bond motifs is 8. The van der Waals surface area contributed by atoms with Crippen LogP contribution in [-0.4, -0.2) is 0 Å². The van der Waals surface area contributed by atoms with Crippen molar-refractivity contribution in [1.29, 1.82) is 0 Å². The molecule has 0 nitrogen and oxygen atoms in total. The predicted molar refractivity (Wildman–Crippen MR) is 201 cm³/mol. The Morgan fingerprint density at radius 1 is 0.292 bits per heavy atom. The van der Waals surface area contributed by atoms with Crippen LogP contribution < -0.4 is 0 Å². The average Bonchev–Trinajstić information content (AvgIpc) is 3.66. The summed E-state index contributed by atoms with van der Waals surface area (Å²) in [5.74, 6) is 0.423. The lowest BCUT2D eigenvalue weighted by atomic mass is 9.80. The van der Waals surface area contributed by atoms with Crippen LogP contribution in [0.25, 0.3) is 43.8 Å². The maximum atomic E-state index is 2.42. The molecule has 48 heavy (non-hydrogen) atoms. The molecule has 10 rings (SSSR count). The Bertz CT molecular complexity index is 2260. The third-order valence-corrected chi connectivity index (χ3v) is 11.0. The minimum absolute atomic E-state index is 0.211. The zero-order valence-electron chi connectivity index (χ0n) is 26.7. The van der Waals surface area contributed by atoms with Crippen molar-refractivity contribution in [2.24, 2.45) is 0 Å². The molecule has 0 fully saturated rings. The van der Waals surface area contributed by atoms with Crippen LogP contribution in [0.2, 0.25) is 0 Å². The second kappa shape index (κ2) is 10.9. The number of hydrogen-bond donors (Lipinski definition) is 0. The van der Waals surface area contributed by atoms with Crippen LogP contribution in [0.15, 0.2) is 170 Å². The van der Waals surface area contributed by atoms with E-state index in [2.05, 4.69) is 170 Å². The molecule has 226 valence electrons. The lowest BCUT2D eigenvalue weighted by molar-refractivity contribution is 0.890. The van der Waals surface area contributed by atoms with Crippen molar-refractivity contribution >= 4 is 21.5 Å². The van der Waals surface area contributed by atoms with Crippen molar-refractivity contribution in [3.63, 3.8) is 0 Å². The molecule has 0 saturated heterocycles. The molecule has 0 bridgehead atoms. The zero-order chi connectivity index (χ0) is 31.6. The Hall–Kier alpha value is -5.72. The van der Waals surface area contributed by atoms with E-state index in [1.54, 1.807) is 0 Å². The van der Waals surface area contributed by atoms with Gasteiger partial charge in [-0.2, -0.15) is 0 Å². The summed E-state index contributed by atoms with van der Waals surface area (Å²) in [6, 6.07) is 63.7. The molecule has 0 amide bonds. The molecule has 0 atom stereocenters. The van der Waals surface area contributed by atoms with Gasteiger partial charge < -0.3 is 0 Å².